The third kappa shape index (κ3) is 2.00. The Labute approximate surface area is 80.8 Å². The Hall–Kier alpha value is -1.19. The summed E-state index contributed by atoms with van der Waals surface area (Å²) in [6.07, 6.45) is 0. The molecule has 0 spiro atoms. The number of ether oxygens (including phenoxy) is 2. The first-order valence-corrected chi connectivity index (χ1v) is 5.91. The standard InChI is InChI=1S/C8H9O5P/c1-14(9,10)13-6-2-3-7-8(4-6)12-5-11-7/h2-4H,5H2,1H3,(H,9,10)/p-1. The van der Waals surface area contributed by atoms with Crippen LogP contribution in [0.5, 0.6) is 17.2 Å². The Kier molecular flexibility index (Phi) is 2.13. The van der Waals surface area contributed by atoms with Crippen LogP contribution in [0.1, 0.15) is 0 Å². The van der Waals surface area contributed by atoms with Gasteiger partial charge in [0.15, 0.2) is 19.1 Å². The van der Waals surface area contributed by atoms with Crippen molar-refractivity contribution in [2.75, 3.05) is 13.5 Å². The van der Waals surface area contributed by atoms with E-state index < -0.39 is 7.60 Å². The summed E-state index contributed by atoms with van der Waals surface area (Å²) in [6, 6.07) is 4.60. The topological polar surface area (TPSA) is 67.8 Å². The van der Waals surface area contributed by atoms with Crippen molar-refractivity contribution < 1.29 is 23.5 Å². The summed E-state index contributed by atoms with van der Waals surface area (Å²) in [5.74, 6) is 1.32. The van der Waals surface area contributed by atoms with Gasteiger partial charge in [0.05, 0.1) is 0 Å². The largest absolute Gasteiger partial charge is 0.769 e. The lowest BCUT2D eigenvalue weighted by Crippen LogP contribution is -2.04. The van der Waals surface area contributed by atoms with Crippen LogP contribution < -0.4 is 18.9 Å². The van der Waals surface area contributed by atoms with E-state index in [0.29, 0.717) is 11.5 Å². The van der Waals surface area contributed by atoms with Crippen LogP contribution in [0.4, 0.5) is 0 Å². The van der Waals surface area contributed by atoms with Gasteiger partial charge < -0.3 is 18.9 Å². The van der Waals surface area contributed by atoms with Crippen LogP contribution in [0.2, 0.25) is 0 Å². The molecule has 0 radical (unpaired) electrons. The Morgan fingerprint density at radius 3 is 2.86 bits per heavy atom. The normalized spacial score (nSPS) is 17.6. The Morgan fingerprint density at radius 1 is 1.43 bits per heavy atom. The molecule has 1 unspecified atom stereocenters. The van der Waals surface area contributed by atoms with Gasteiger partial charge in [-0.2, -0.15) is 0 Å². The summed E-state index contributed by atoms with van der Waals surface area (Å²) in [7, 11) is -3.76. The Bertz CT molecular complexity index is 397. The van der Waals surface area contributed by atoms with Gasteiger partial charge in [0, 0.05) is 12.7 Å². The van der Waals surface area contributed by atoms with Gasteiger partial charge in [0.2, 0.25) is 6.79 Å². The van der Waals surface area contributed by atoms with Crippen LogP contribution in [-0.2, 0) is 4.57 Å². The smallest absolute Gasteiger partial charge is 0.231 e. The van der Waals surface area contributed by atoms with Crippen molar-refractivity contribution in [1.29, 1.82) is 0 Å². The average Bonchev–Trinajstić information content (AvgIpc) is 2.47. The molecule has 1 aliphatic rings. The van der Waals surface area contributed by atoms with E-state index in [1.165, 1.54) is 12.1 Å². The van der Waals surface area contributed by atoms with Gasteiger partial charge in [0.25, 0.3) is 0 Å². The fraction of sp³-hybridized carbons (Fsp3) is 0.250. The molecule has 1 heterocycles. The molecule has 0 aromatic heterocycles. The fourth-order valence-electron chi connectivity index (χ4n) is 1.13. The van der Waals surface area contributed by atoms with Gasteiger partial charge in [-0.15, -0.1) is 0 Å². The molecule has 0 N–H and O–H groups in total. The predicted molar refractivity (Wildman–Crippen MR) is 46.7 cm³/mol. The van der Waals surface area contributed by atoms with Crippen molar-refractivity contribution in [3.8, 4) is 17.2 Å². The molecule has 1 aromatic carbocycles. The predicted octanol–water partition coefficient (Wildman–Crippen LogP) is 0.977. The molecule has 1 aliphatic heterocycles. The minimum Gasteiger partial charge on any atom is -0.769 e. The summed E-state index contributed by atoms with van der Waals surface area (Å²) in [4.78, 5) is 10.8. The highest BCUT2D eigenvalue weighted by atomic mass is 31.2. The molecule has 14 heavy (non-hydrogen) atoms. The summed E-state index contributed by atoms with van der Waals surface area (Å²) in [5.41, 5.74) is 0. The Morgan fingerprint density at radius 2 is 2.14 bits per heavy atom. The number of benzene rings is 1. The lowest BCUT2D eigenvalue weighted by atomic mass is 10.3. The minimum atomic E-state index is -3.76. The van der Waals surface area contributed by atoms with Crippen LogP contribution >= 0.6 is 7.60 Å². The van der Waals surface area contributed by atoms with Crippen LogP contribution in [0.15, 0.2) is 18.2 Å². The highest BCUT2D eigenvalue weighted by Gasteiger charge is 2.14. The van der Waals surface area contributed by atoms with Gasteiger partial charge in [-0.3, -0.25) is 4.57 Å². The average molecular weight is 215 g/mol. The van der Waals surface area contributed by atoms with E-state index in [1.807, 2.05) is 0 Å². The fourth-order valence-corrected chi connectivity index (χ4v) is 1.62. The monoisotopic (exact) mass is 215 g/mol. The van der Waals surface area contributed by atoms with Gasteiger partial charge in [0.1, 0.15) is 5.75 Å². The highest BCUT2D eigenvalue weighted by Crippen LogP contribution is 2.40. The molecular weight excluding hydrogens is 207 g/mol. The second kappa shape index (κ2) is 3.19. The summed E-state index contributed by atoms with van der Waals surface area (Å²) < 4.78 is 25.6. The van der Waals surface area contributed by atoms with Gasteiger partial charge in [-0.05, 0) is 12.1 Å². The zero-order chi connectivity index (χ0) is 10.2. The SMILES string of the molecule is CP(=O)([O-])Oc1ccc2c(c1)OCO2. The number of fused-ring (bicyclic) bond motifs is 1. The summed E-state index contributed by atoms with van der Waals surface area (Å²) in [5, 5.41) is 0. The first kappa shape index (κ1) is 9.37. The first-order chi connectivity index (χ1) is 6.54. The van der Waals surface area contributed by atoms with E-state index in [-0.39, 0.29) is 12.5 Å². The van der Waals surface area contributed by atoms with E-state index >= 15 is 0 Å². The third-order valence-electron chi connectivity index (χ3n) is 1.62. The molecule has 1 aromatic rings. The molecule has 0 bridgehead atoms. The van der Waals surface area contributed by atoms with Gasteiger partial charge >= 0.3 is 0 Å². The van der Waals surface area contributed by atoms with Crippen molar-refractivity contribution in [3.05, 3.63) is 18.2 Å². The van der Waals surface area contributed by atoms with E-state index in [0.717, 1.165) is 6.66 Å². The first-order valence-electron chi connectivity index (χ1n) is 3.92. The zero-order valence-corrected chi connectivity index (χ0v) is 8.32. The minimum absolute atomic E-state index is 0.153. The van der Waals surface area contributed by atoms with Crippen molar-refractivity contribution in [1.82, 2.24) is 0 Å². The maximum Gasteiger partial charge on any atom is 0.231 e. The molecule has 0 amide bonds. The van der Waals surface area contributed by atoms with Crippen molar-refractivity contribution >= 4 is 7.60 Å². The zero-order valence-electron chi connectivity index (χ0n) is 7.43. The highest BCUT2D eigenvalue weighted by molar-refractivity contribution is 7.50. The van der Waals surface area contributed by atoms with E-state index in [2.05, 4.69) is 0 Å². The van der Waals surface area contributed by atoms with Crippen LogP contribution in [0.3, 0.4) is 0 Å². The lowest BCUT2D eigenvalue weighted by molar-refractivity contribution is -0.188. The maximum absolute atomic E-state index is 10.8. The molecule has 1 atom stereocenters. The molecule has 0 saturated carbocycles. The Balaban J connectivity index is 2.25. The van der Waals surface area contributed by atoms with E-state index in [9.17, 15) is 9.46 Å². The molecule has 0 saturated heterocycles. The van der Waals surface area contributed by atoms with E-state index in [4.69, 9.17) is 14.0 Å². The summed E-state index contributed by atoms with van der Waals surface area (Å²) >= 11 is 0. The molecule has 76 valence electrons. The van der Waals surface area contributed by atoms with Gasteiger partial charge in [-0.1, -0.05) is 0 Å². The van der Waals surface area contributed by atoms with Crippen LogP contribution in [0, 0.1) is 0 Å². The molecule has 2 rings (SSSR count). The molecule has 5 nitrogen and oxygen atoms in total. The van der Waals surface area contributed by atoms with Crippen molar-refractivity contribution in [3.63, 3.8) is 0 Å². The molecular formula is C8H8O5P-. The maximum atomic E-state index is 10.8. The lowest BCUT2D eigenvalue weighted by Gasteiger charge is -2.18. The number of rotatable bonds is 2. The van der Waals surface area contributed by atoms with Crippen molar-refractivity contribution in [2.24, 2.45) is 0 Å². The summed E-state index contributed by atoms with van der Waals surface area (Å²) in [6.45, 7) is 1.16. The van der Waals surface area contributed by atoms with E-state index in [1.54, 1.807) is 6.07 Å². The number of hydrogen-bond acceptors (Lipinski definition) is 5. The number of hydrogen-bond donors (Lipinski definition) is 0. The van der Waals surface area contributed by atoms with Crippen molar-refractivity contribution in [2.45, 2.75) is 0 Å². The second-order valence-electron chi connectivity index (χ2n) is 2.88. The van der Waals surface area contributed by atoms with Crippen LogP contribution in [-0.4, -0.2) is 13.5 Å². The second-order valence-corrected chi connectivity index (χ2v) is 4.60. The molecule has 0 aliphatic carbocycles. The van der Waals surface area contributed by atoms with Crippen LogP contribution in [0.25, 0.3) is 0 Å². The quantitative estimate of drug-likeness (QED) is 0.687. The molecule has 6 heteroatoms. The third-order valence-corrected chi connectivity index (χ3v) is 2.16. The van der Waals surface area contributed by atoms with Gasteiger partial charge in [-0.25, -0.2) is 0 Å². The molecule has 0 fully saturated rings.